The number of aromatic nitrogens is 1. The maximum atomic E-state index is 12.4. The van der Waals surface area contributed by atoms with Crippen molar-refractivity contribution >= 4 is 29.4 Å². The number of carbonyl (C=O) groups excluding carboxylic acids is 1. The molecule has 1 aliphatic rings. The third kappa shape index (κ3) is 4.53. The summed E-state index contributed by atoms with van der Waals surface area (Å²) in [6.45, 7) is 0. The fourth-order valence-corrected chi connectivity index (χ4v) is 2.74. The number of para-hydroxylation sites is 1. The second-order valence-electron chi connectivity index (χ2n) is 6.61. The van der Waals surface area contributed by atoms with Gasteiger partial charge in [0.25, 0.3) is 5.91 Å². The number of aliphatic imine (C=N–C) groups is 1. The van der Waals surface area contributed by atoms with Gasteiger partial charge < -0.3 is 21.3 Å². The molecule has 1 amide bonds. The Balaban J connectivity index is 1.75. The van der Waals surface area contributed by atoms with Gasteiger partial charge in [0, 0.05) is 29.7 Å². The van der Waals surface area contributed by atoms with Crippen LogP contribution in [0.4, 0.5) is 5.69 Å². The van der Waals surface area contributed by atoms with Gasteiger partial charge >= 0.3 is 5.97 Å². The van der Waals surface area contributed by atoms with E-state index in [1.54, 1.807) is 0 Å². The van der Waals surface area contributed by atoms with Crippen molar-refractivity contribution in [2.45, 2.75) is 24.8 Å². The molecule has 3 rings (SSSR count). The van der Waals surface area contributed by atoms with Crippen molar-refractivity contribution in [1.82, 2.24) is 10.3 Å². The van der Waals surface area contributed by atoms with E-state index in [0.29, 0.717) is 24.0 Å². The molecule has 144 valence electrons. The maximum Gasteiger partial charge on any atom is 0.305 e. The lowest BCUT2D eigenvalue weighted by atomic mass is 10.1. The van der Waals surface area contributed by atoms with Crippen LogP contribution in [0, 0.1) is 0 Å². The van der Waals surface area contributed by atoms with Crippen molar-refractivity contribution < 1.29 is 19.8 Å². The minimum absolute atomic E-state index is 0.159. The summed E-state index contributed by atoms with van der Waals surface area (Å²) in [5.41, 5.74) is 6.48. The van der Waals surface area contributed by atoms with E-state index < -0.39 is 17.4 Å². The van der Waals surface area contributed by atoms with Crippen LogP contribution in [0.2, 0.25) is 0 Å². The Kier molecular flexibility index (Phi) is 5.39. The number of benzene rings is 1. The number of nitrogens with one attached hydrogen (secondary N) is 1. The van der Waals surface area contributed by atoms with E-state index in [9.17, 15) is 14.7 Å². The molecule has 0 aliphatic heterocycles. The van der Waals surface area contributed by atoms with Crippen LogP contribution in [-0.4, -0.2) is 38.8 Å². The van der Waals surface area contributed by atoms with E-state index >= 15 is 0 Å². The van der Waals surface area contributed by atoms with Crippen molar-refractivity contribution in [2.24, 2.45) is 10.7 Å². The average Bonchev–Trinajstić information content (AvgIpc) is 3.41. The van der Waals surface area contributed by atoms with Crippen LogP contribution < -0.4 is 11.1 Å². The number of carboxylic acid groups (broad SMARTS) is 1. The summed E-state index contributed by atoms with van der Waals surface area (Å²) in [4.78, 5) is 31.6. The molecule has 1 saturated carbocycles. The second kappa shape index (κ2) is 7.91. The van der Waals surface area contributed by atoms with Gasteiger partial charge in [0.1, 0.15) is 5.75 Å². The van der Waals surface area contributed by atoms with Crippen LogP contribution in [0.5, 0.6) is 5.75 Å². The van der Waals surface area contributed by atoms with Crippen molar-refractivity contribution in [3.05, 3.63) is 60.1 Å². The number of aromatic hydroxyl groups is 1. The lowest BCUT2D eigenvalue weighted by Crippen LogP contribution is -2.38. The molecule has 1 aromatic carbocycles. The van der Waals surface area contributed by atoms with Crippen LogP contribution >= 0.6 is 0 Å². The predicted molar refractivity (Wildman–Crippen MR) is 104 cm³/mol. The Morgan fingerprint density at radius 1 is 1.29 bits per heavy atom. The summed E-state index contributed by atoms with van der Waals surface area (Å²) in [6, 6.07) is 10.6. The minimum Gasteiger partial charge on any atom is -0.505 e. The maximum absolute atomic E-state index is 12.4. The number of pyridine rings is 1. The quantitative estimate of drug-likeness (QED) is 0.544. The summed E-state index contributed by atoms with van der Waals surface area (Å²) < 4.78 is 0. The highest BCUT2D eigenvalue weighted by Gasteiger charge is 2.46. The molecule has 28 heavy (non-hydrogen) atoms. The normalized spacial score (nSPS) is 15.4. The Hall–Kier alpha value is -3.68. The monoisotopic (exact) mass is 380 g/mol. The van der Waals surface area contributed by atoms with Crippen molar-refractivity contribution in [1.29, 1.82) is 0 Å². The lowest BCUT2D eigenvalue weighted by Gasteiger charge is -2.15. The first-order valence-corrected chi connectivity index (χ1v) is 8.67. The van der Waals surface area contributed by atoms with Crippen molar-refractivity contribution in [2.75, 3.05) is 0 Å². The molecular formula is C20H20N4O4. The van der Waals surface area contributed by atoms with E-state index in [1.807, 2.05) is 30.3 Å². The Morgan fingerprint density at radius 3 is 2.57 bits per heavy atom. The fraction of sp³-hybridized carbons (Fsp3) is 0.200. The summed E-state index contributed by atoms with van der Waals surface area (Å²) in [5, 5.41) is 21.8. The number of allylic oxidation sites excluding steroid dienone is 1. The van der Waals surface area contributed by atoms with Crippen LogP contribution in [0.1, 0.15) is 35.3 Å². The molecule has 1 fully saturated rings. The van der Waals surface area contributed by atoms with Gasteiger partial charge in [-0.05, 0) is 31.0 Å². The molecule has 5 N–H and O–H groups in total. The van der Waals surface area contributed by atoms with E-state index in [1.165, 1.54) is 24.7 Å². The van der Waals surface area contributed by atoms with Gasteiger partial charge in [0.15, 0.2) is 5.69 Å². The SMILES string of the molecule is NC=C(C=Nc1ccccc1)c1cnc(C(=O)NC2(CC(=O)O)CC2)c(O)c1. The molecule has 1 aliphatic carbocycles. The number of nitrogens with zero attached hydrogens (tertiary/aromatic N) is 2. The molecule has 0 bridgehead atoms. The van der Waals surface area contributed by atoms with Crippen LogP contribution in [0.15, 0.2) is 53.8 Å². The van der Waals surface area contributed by atoms with Gasteiger partial charge in [-0.25, -0.2) is 4.98 Å². The first-order valence-electron chi connectivity index (χ1n) is 8.67. The van der Waals surface area contributed by atoms with Gasteiger partial charge in [-0.1, -0.05) is 18.2 Å². The predicted octanol–water partition coefficient (Wildman–Crippen LogP) is 2.23. The zero-order valence-electron chi connectivity index (χ0n) is 15.0. The summed E-state index contributed by atoms with van der Waals surface area (Å²) in [7, 11) is 0. The largest absolute Gasteiger partial charge is 0.505 e. The van der Waals surface area contributed by atoms with Crippen molar-refractivity contribution in [3.8, 4) is 5.75 Å². The number of hydrogen-bond donors (Lipinski definition) is 4. The van der Waals surface area contributed by atoms with Crippen LogP contribution in [0.25, 0.3) is 5.57 Å². The van der Waals surface area contributed by atoms with E-state index in [-0.39, 0.29) is 17.9 Å². The molecule has 0 spiro atoms. The zero-order valence-corrected chi connectivity index (χ0v) is 15.0. The van der Waals surface area contributed by atoms with Crippen LogP contribution in [-0.2, 0) is 4.79 Å². The second-order valence-corrected chi connectivity index (χ2v) is 6.61. The summed E-state index contributed by atoms with van der Waals surface area (Å²) in [6.07, 6.45) is 5.28. The standard InChI is InChI=1S/C20H20N4O4/c21-10-14(12-22-15-4-2-1-3-5-15)13-8-16(25)18(23-11-13)19(28)24-20(6-7-20)9-17(26)27/h1-5,8,10-12,25H,6-7,9,21H2,(H,24,28)(H,26,27). The number of aliphatic carboxylic acids is 1. The first kappa shape index (κ1) is 19.1. The van der Waals surface area contributed by atoms with Crippen molar-refractivity contribution in [3.63, 3.8) is 0 Å². The van der Waals surface area contributed by atoms with Gasteiger partial charge in [-0.15, -0.1) is 0 Å². The molecular weight excluding hydrogens is 360 g/mol. The summed E-state index contributed by atoms with van der Waals surface area (Å²) >= 11 is 0. The molecule has 8 nitrogen and oxygen atoms in total. The minimum atomic E-state index is -0.985. The van der Waals surface area contributed by atoms with E-state index in [4.69, 9.17) is 10.8 Å². The lowest BCUT2D eigenvalue weighted by molar-refractivity contribution is -0.137. The molecule has 8 heteroatoms. The molecule has 1 aromatic heterocycles. The topological polar surface area (TPSA) is 138 Å². The van der Waals surface area contributed by atoms with Gasteiger partial charge in [0.2, 0.25) is 0 Å². The molecule has 0 saturated heterocycles. The smallest absolute Gasteiger partial charge is 0.305 e. The number of carbonyl (C=O) groups is 2. The van der Waals surface area contributed by atoms with Crippen LogP contribution in [0.3, 0.4) is 0 Å². The summed E-state index contributed by atoms with van der Waals surface area (Å²) in [5.74, 6) is -1.92. The zero-order chi connectivity index (χ0) is 20.1. The highest BCUT2D eigenvalue weighted by Crippen LogP contribution is 2.39. The number of nitrogens with two attached hydrogens (primary N) is 1. The first-order chi connectivity index (χ1) is 13.4. The third-order valence-corrected chi connectivity index (χ3v) is 4.43. The van der Waals surface area contributed by atoms with E-state index in [0.717, 1.165) is 5.69 Å². The molecule has 0 unspecified atom stereocenters. The highest BCUT2D eigenvalue weighted by molar-refractivity contribution is 6.10. The molecule has 1 heterocycles. The molecule has 0 radical (unpaired) electrons. The van der Waals surface area contributed by atoms with Gasteiger partial charge in [-0.2, -0.15) is 0 Å². The number of carboxylic acids is 1. The number of amides is 1. The fourth-order valence-electron chi connectivity index (χ4n) is 2.74. The Bertz CT molecular complexity index is 950. The van der Waals surface area contributed by atoms with E-state index in [2.05, 4.69) is 15.3 Å². The number of hydrogen-bond acceptors (Lipinski definition) is 6. The Morgan fingerprint density at radius 2 is 2.00 bits per heavy atom. The molecule has 2 aromatic rings. The number of rotatable bonds is 7. The third-order valence-electron chi connectivity index (χ3n) is 4.43. The van der Waals surface area contributed by atoms with Gasteiger partial charge in [0.05, 0.1) is 17.6 Å². The average molecular weight is 380 g/mol. The molecule has 0 atom stereocenters. The highest BCUT2D eigenvalue weighted by atomic mass is 16.4. The Labute approximate surface area is 161 Å². The van der Waals surface area contributed by atoms with Gasteiger partial charge in [-0.3, -0.25) is 14.6 Å².